The Labute approximate surface area is 105 Å². The first-order valence-corrected chi connectivity index (χ1v) is 6.50. The van der Waals surface area contributed by atoms with Crippen molar-refractivity contribution in [2.24, 2.45) is 5.92 Å². The second-order valence-corrected chi connectivity index (χ2v) is 5.10. The molecule has 1 aromatic carbocycles. The van der Waals surface area contributed by atoms with Gasteiger partial charge in [0.15, 0.2) is 0 Å². The van der Waals surface area contributed by atoms with Gasteiger partial charge >= 0.3 is 0 Å². The van der Waals surface area contributed by atoms with Crippen LogP contribution in [0, 0.1) is 19.8 Å². The van der Waals surface area contributed by atoms with E-state index in [4.69, 9.17) is 5.11 Å². The van der Waals surface area contributed by atoms with Crippen LogP contribution in [-0.4, -0.2) is 18.3 Å². The number of hydrogen-bond acceptors (Lipinski definition) is 2. The molecule has 0 aliphatic rings. The van der Waals surface area contributed by atoms with Crippen molar-refractivity contribution in [2.45, 2.75) is 40.2 Å². The molecule has 0 aliphatic carbocycles. The van der Waals surface area contributed by atoms with E-state index in [0.29, 0.717) is 12.5 Å². The van der Waals surface area contributed by atoms with Gasteiger partial charge in [0.1, 0.15) is 0 Å². The zero-order valence-corrected chi connectivity index (χ0v) is 11.3. The minimum atomic E-state index is 0.303. The molecule has 96 valence electrons. The average molecular weight is 235 g/mol. The second kappa shape index (κ2) is 7.46. The van der Waals surface area contributed by atoms with E-state index in [9.17, 15) is 0 Å². The first-order valence-electron chi connectivity index (χ1n) is 6.50. The molecule has 2 heteroatoms. The zero-order chi connectivity index (χ0) is 12.7. The highest BCUT2D eigenvalue weighted by Gasteiger charge is 1.99. The van der Waals surface area contributed by atoms with Gasteiger partial charge in [-0.15, -0.1) is 0 Å². The lowest BCUT2D eigenvalue weighted by molar-refractivity contribution is 0.228. The number of rotatable bonds is 7. The summed E-state index contributed by atoms with van der Waals surface area (Å²) in [6.07, 6.45) is 2.23. The van der Waals surface area contributed by atoms with Gasteiger partial charge in [0.25, 0.3) is 0 Å². The Kier molecular flexibility index (Phi) is 6.23. The van der Waals surface area contributed by atoms with E-state index in [-0.39, 0.29) is 0 Å². The molecule has 0 aromatic heterocycles. The third kappa shape index (κ3) is 5.85. The van der Waals surface area contributed by atoms with Crippen molar-refractivity contribution in [3.05, 3.63) is 34.9 Å². The molecule has 0 aliphatic heterocycles. The summed E-state index contributed by atoms with van der Waals surface area (Å²) in [6.45, 7) is 8.63. The highest BCUT2D eigenvalue weighted by atomic mass is 16.3. The molecule has 2 nitrogen and oxygen atoms in total. The van der Waals surface area contributed by atoms with E-state index < -0.39 is 0 Å². The average Bonchev–Trinajstić information content (AvgIpc) is 2.27. The van der Waals surface area contributed by atoms with Gasteiger partial charge in [-0.05, 0) is 44.7 Å². The Hall–Kier alpha value is -0.860. The number of nitrogens with one attached hydrogen (secondary N) is 1. The molecule has 1 rings (SSSR count). The monoisotopic (exact) mass is 235 g/mol. The molecule has 1 unspecified atom stereocenters. The van der Waals surface area contributed by atoms with Crippen LogP contribution in [0.2, 0.25) is 0 Å². The molecule has 1 aromatic rings. The van der Waals surface area contributed by atoms with Crippen LogP contribution < -0.4 is 5.32 Å². The quantitative estimate of drug-likeness (QED) is 0.712. The van der Waals surface area contributed by atoms with Crippen LogP contribution in [0.5, 0.6) is 0 Å². The Bertz CT molecular complexity index is 315. The van der Waals surface area contributed by atoms with Gasteiger partial charge in [0.05, 0.1) is 0 Å². The van der Waals surface area contributed by atoms with E-state index in [2.05, 4.69) is 44.3 Å². The van der Waals surface area contributed by atoms with E-state index in [0.717, 1.165) is 25.9 Å². The van der Waals surface area contributed by atoms with Crippen LogP contribution in [0.3, 0.4) is 0 Å². The summed E-state index contributed by atoms with van der Waals surface area (Å²) < 4.78 is 0. The fraction of sp³-hybridized carbons (Fsp3) is 0.600. The van der Waals surface area contributed by atoms with Crippen molar-refractivity contribution >= 4 is 0 Å². The topological polar surface area (TPSA) is 32.3 Å². The zero-order valence-electron chi connectivity index (χ0n) is 11.3. The van der Waals surface area contributed by atoms with Gasteiger partial charge in [-0.3, -0.25) is 0 Å². The smallest absolute Gasteiger partial charge is 0.0456 e. The third-order valence-corrected chi connectivity index (χ3v) is 2.97. The fourth-order valence-corrected chi connectivity index (χ4v) is 2.07. The van der Waals surface area contributed by atoms with Gasteiger partial charge < -0.3 is 10.4 Å². The van der Waals surface area contributed by atoms with Crippen molar-refractivity contribution in [3.8, 4) is 0 Å². The Morgan fingerprint density at radius 2 is 1.82 bits per heavy atom. The van der Waals surface area contributed by atoms with E-state index in [1.807, 2.05) is 0 Å². The molecule has 0 heterocycles. The maximum Gasteiger partial charge on any atom is 0.0456 e. The predicted octanol–water partition coefficient (Wildman–Crippen LogP) is 2.80. The van der Waals surface area contributed by atoms with Crippen molar-refractivity contribution in [1.82, 2.24) is 5.32 Å². The van der Waals surface area contributed by atoms with Crippen molar-refractivity contribution in [2.75, 3.05) is 13.2 Å². The highest BCUT2D eigenvalue weighted by molar-refractivity contribution is 5.28. The number of aliphatic hydroxyl groups excluding tert-OH is 1. The molecular weight excluding hydrogens is 210 g/mol. The lowest BCUT2D eigenvalue weighted by Gasteiger charge is -2.09. The van der Waals surface area contributed by atoms with Crippen molar-refractivity contribution in [3.63, 3.8) is 0 Å². The lowest BCUT2D eigenvalue weighted by atomic mass is 10.1. The number of aliphatic hydroxyl groups is 1. The number of benzene rings is 1. The van der Waals surface area contributed by atoms with Gasteiger partial charge in [-0.2, -0.15) is 0 Å². The number of aryl methyl sites for hydroxylation is 2. The summed E-state index contributed by atoms with van der Waals surface area (Å²) in [7, 11) is 0. The fourth-order valence-electron chi connectivity index (χ4n) is 2.07. The Morgan fingerprint density at radius 1 is 1.18 bits per heavy atom. The summed E-state index contributed by atoms with van der Waals surface area (Å²) in [6, 6.07) is 6.67. The lowest BCUT2D eigenvalue weighted by Crippen LogP contribution is -2.16. The Morgan fingerprint density at radius 3 is 2.41 bits per heavy atom. The van der Waals surface area contributed by atoms with Crippen molar-refractivity contribution < 1.29 is 5.11 Å². The minimum Gasteiger partial charge on any atom is -0.396 e. The summed E-state index contributed by atoms with van der Waals surface area (Å²) in [4.78, 5) is 0. The second-order valence-electron chi connectivity index (χ2n) is 5.10. The van der Waals surface area contributed by atoms with Crippen LogP contribution >= 0.6 is 0 Å². The standard InChI is InChI=1S/C15H25NO/c1-12(11-17)5-4-6-16-10-15-8-13(2)7-14(3)9-15/h7-9,12,16-17H,4-6,10-11H2,1-3H3. The number of hydrogen-bond donors (Lipinski definition) is 2. The first kappa shape index (κ1) is 14.2. The maximum absolute atomic E-state index is 8.91. The summed E-state index contributed by atoms with van der Waals surface area (Å²) >= 11 is 0. The molecule has 0 spiro atoms. The van der Waals surface area contributed by atoms with Crippen LogP contribution in [0.25, 0.3) is 0 Å². The highest BCUT2D eigenvalue weighted by Crippen LogP contribution is 2.08. The van der Waals surface area contributed by atoms with Crippen LogP contribution in [-0.2, 0) is 6.54 Å². The molecule has 0 saturated carbocycles. The van der Waals surface area contributed by atoms with E-state index in [1.165, 1.54) is 16.7 Å². The van der Waals surface area contributed by atoms with Gasteiger partial charge in [0, 0.05) is 13.2 Å². The molecule has 0 bridgehead atoms. The minimum absolute atomic E-state index is 0.303. The summed E-state index contributed by atoms with van der Waals surface area (Å²) in [5, 5.41) is 12.4. The Balaban J connectivity index is 2.22. The molecule has 1 atom stereocenters. The third-order valence-electron chi connectivity index (χ3n) is 2.97. The first-order chi connectivity index (χ1) is 8.11. The van der Waals surface area contributed by atoms with Crippen LogP contribution in [0.15, 0.2) is 18.2 Å². The molecule has 0 fully saturated rings. The van der Waals surface area contributed by atoms with Crippen molar-refractivity contribution in [1.29, 1.82) is 0 Å². The summed E-state index contributed by atoms with van der Waals surface area (Å²) in [5.74, 6) is 0.429. The van der Waals surface area contributed by atoms with E-state index >= 15 is 0 Å². The van der Waals surface area contributed by atoms with Gasteiger partial charge in [-0.1, -0.05) is 36.2 Å². The molecule has 0 saturated heterocycles. The largest absolute Gasteiger partial charge is 0.396 e. The normalized spacial score (nSPS) is 12.7. The van der Waals surface area contributed by atoms with Crippen LogP contribution in [0.4, 0.5) is 0 Å². The SMILES string of the molecule is Cc1cc(C)cc(CNCCCC(C)CO)c1. The molecule has 2 N–H and O–H groups in total. The molecular formula is C15H25NO. The molecule has 0 radical (unpaired) electrons. The molecule has 17 heavy (non-hydrogen) atoms. The predicted molar refractivity (Wildman–Crippen MR) is 73.1 cm³/mol. The maximum atomic E-state index is 8.91. The van der Waals surface area contributed by atoms with Gasteiger partial charge in [0.2, 0.25) is 0 Å². The molecule has 0 amide bonds. The van der Waals surface area contributed by atoms with E-state index in [1.54, 1.807) is 0 Å². The summed E-state index contributed by atoms with van der Waals surface area (Å²) in [5.41, 5.74) is 4.02. The van der Waals surface area contributed by atoms with Crippen LogP contribution in [0.1, 0.15) is 36.5 Å². The van der Waals surface area contributed by atoms with Gasteiger partial charge in [-0.25, -0.2) is 0 Å².